The van der Waals surface area contributed by atoms with E-state index in [2.05, 4.69) is 5.32 Å². The molecule has 0 spiro atoms. The highest BCUT2D eigenvalue weighted by atomic mass is 19.1. The number of carbonyl (C=O) groups excluding carboxylic acids is 1. The molecule has 3 nitrogen and oxygen atoms in total. The lowest BCUT2D eigenvalue weighted by molar-refractivity contribution is -0.114. The van der Waals surface area contributed by atoms with Crippen LogP contribution in [-0.2, 0) is 4.79 Å². The van der Waals surface area contributed by atoms with Gasteiger partial charge in [0.2, 0.25) is 5.91 Å². The molecule has 72 valence electrons. The van der Waals surface area contributed by atoms with E-state index in [1.165, 1.54) is 6.92 Å². The molecule has 0 unspecified atom stereocenters. The first-order chi connectivity index (χ1) is 6.54. The van der Waals surface area contributed by atoms with Crippen LogP contribution in [0, 0.1) is 23.0 Å². The Morgan fingerprint density at radius 1 is 1.50 bits per heavy atom. The largest absolute Gasteiger partial charge is 0.323 e. The van der Waals surface area contributed by atoms with Crippen LogP contribution in [0.15, 0.2) is 12.1 Å². The van der Waals surface area contributed by atoms with Crippen LogP contribution >= 0.6 is 0 Å². The Bertz CT molecular complexity index is 424. The summed E-state index contributed by atoms with van der Waals surface area (Å²) in [5.41, 5.74) is -0.529. The van der Waals surface area contributed by atoms with Gasteiger partial charge in [-0.15, -0.1) is 0 Å². The van der Waals surface area contributed by atoms with Gasteiger partial charge in [0.15, 0.2) is 5.82 Å². The normalized spacial score (nSPS) is 9.29. The van der Waals surface area contributed by atoms with Crippen molar-refractivity contribution < 1.29 is 13.6 Å². The Morgan fingerprint density at radius 2 is 2.14 bits per heavy atom. The van der Waals surface area contributed by atoms with Crippen molar-refractivity contribution in [2.24, 2.45) is 0 Å². The standard InChI is InChI=1S/C9H6F2N2O/c1-5(14)13-9-6(4-12)2-7(10)3-8(9)11/h2-3H,1H3,(H,13,14). The molecule has 0 aromatic heterocycles. The molecule has 0 saturated carbocycles. The lowest BCUT2D eigenvalue weighted by atomic mass is 10.2. The van der Waals surface area contributed by atoms with E-state index in [-0.39, 0.29) is 11.3 Å². The first-order valence-corrected chi connectivity index (χ1v) is 3.71. The molecule has 0 atom stereocenters. The predicted molar refractivity (Wildman–Crippen MR) is 45.4 cm³/mol. The van der Waals surface area contributed by atoms with Crippen molar-refractivity contribution in [3.05, 3.63) is 29.3 Å². The molecule has 0 aliphatic heterocycles. The maximum Gasteiger partial charge on any atom is 0.221 e. The van der Waals surface area contributed by atoms with Crippen LogP contribution in [0.1, 0.15) is 12.5 Å². The molecular formula is C9H6F2N2O. The van der Waals surface area contributed by atoms with Crippen LogP contribution in [0.2, 0.25) is 0 Å². The summed E-state index contributed by atoms with van der Waals surface area (Å²) in [6.45, 7) is 1.17. The summed E-state index contributed by atoms with van der Waals surface area (Å²) in [6.07, 6.45) is 0. The molecular weight excluding hydrogens is 190 g/mol. The summed E-state index contributed by atoms with van der Waals surface area (Å²) in [6, 6.07) is 3.05. The lowest BCUT2D eigenvalue weighted by Crippen LogP contribution is -2.09. The smallest absolute Gasteiger partial charge is 0.221 e. The van der Waals surface area contributed by atoms with E-state index in [1.807, 2.05) is 0 Å². The van der Waals surface area contributed by atoms with Gasteiger partial charge in [0, 0.05) is 13.0 Å². The number of rotatable bonds is 1. The van der Waals surface area contributed by atoms with Gasteiger partial charge in [-0.25, -0.2) is 8.78 Å². The number of amides is 1. The fraction of sp³-hybridized carbons (Fsp3) is 0.111. The summed E-state index contributed by atoms with van der Waals surface area (Å²) in [7, 11) is 0. The highest BCUT2D eigenvalue weighted by molar-refractivity contribution is 5.90. The van der Waals surface area contributed by atoms with Crippen LogP contribution in [0.4, 0.5) is 14.5 Å². The molecule has 1 amide bonds. The third-order valence-electron chi connectivity index (χ3n) is 1.48. The number of nitrogens with zero attached hydrogens (tertiary/aromatic N) is 1. The van der Waals surface area contributed by atoms with E-state index >= 15 is 0 Å². The van der Waals surface area contributed by atoms with E-state index in [4.69, 9.17) is 5.26 Å². The van der Waals surface area contributed by atoms with Crippen molar-refractivity contribution in [3.8, 4) is 6.07 Å². The minimum Gasteiger partial charge on any atom is -0.323 e. The third-order valence-corrected chi connectivity index (χ3v) is 1.48. The minimum absolute atomic E-state index is 0.238. The summed E-state index contributed by atoms with van der Waals surface area (Å²) < 4.78 is 25.7. The molecule has 0 aliphatic rings. The van der Waals surface area contributed by atoms with Gasteiger partial charge >= 0.3 is 0 Å². The molecule has 5 heteroatoms. The SMILES string of the molecule is CC(=O)Nc1c(F)cc(F)cc1C#N. The second-order valence-electron chi connectivity index (χ2n) is 2.60. The average Bonchev–Trinajstić information content (AvgIpc) is 2.08. The first-order valence-electron chi connectivity index (χ1n) is 3.71. The van der Waals surface area contributed by atoms with Crippen molar-refractivity contribution >= 4 is 11.6 Å². The summed E-state index contributed by atoms with van der Waals surface area (Å²) >= 11 is 0. The van der Waals surface area contributed by atoms with Crippen molar-refractivity contribution in [2.75, 3.05) is 5.32 Å². The lowest BCUT2D eigenvalue weighted by Gasteiger charge is -2.05. The van der Waals surface area contributed by atoms with Gasteiger partial charge in [0.25, 0.3) is 0 Å². The van der Waals surface area contributed by atoms with E-state index in [1.54, 1.807) is 6.07 Å². The summed E-state index contributed by atoms with van der Waals surface area (Å²) in [5, 5.41) is 10.7. The fourth-order valence-corrected chi connectivity index (χ4v) is 0.965. The van der Waals surface area contributed by atoms with Crippen LogP contribution in [0.5, 0.6) is 0 Å². The van der Waals surface area contributed by atoms with E-state index in [0.29, 0.717) is 6.07 Å². The van der Waals surface area contributed by atoms with Crippen molar-refractivity contribution in [2.45, 2.75) is 6.92 Å². The molecule has 0 radical (unpaired) electrons. The highest BCUT2D eigenvalue weighted by Gasteiger charge is 2.11. The molecule has 1 N–H and O–H groups in total. The zero-order chi connectivity index (χ0) is 10.7. The number of hydrogen-bond donors (Lipinski definition) is 1. The summed E-state index contributed by atoms with van der Waals surface area (Å²) in [5.74, 6) is -2.34. The molecule has 1 aromatic rings. The Hall–Kier alpha value is -1.96. The quantitative estimate of drug-likeness (QED) is 0.744. The number of nitrogens with one attached hydrogen (secondary N) is 1. The third kappa shape index (κ3) is 2.04. The predicted octanol–water partition coefficient (Wildman–Crippen LogP) is 1.79. The second-order valence-corrected chi connectivity index (χ2v) is 2.60. The molecule has 0 heterocycles. The van der Waals surface area contributed by atoms with Crippen molar-refractivity contribution in [3.63, 3.8) is 0 Å². The zero-order valence-corrected chi connectivity index (χ0v) is 7.27. The molecule has 1 aromatic carbocycles. The van der Waals surface area contributed by atoms with Gasteiger partial charge in [-0.3, -0.25) is 4.79 Å². The number of anilines is 1. The average molecular weight is 196 g/mol. The molecule has 0 bridgehead atoms. The maximum absolute atomic E-state index is 13.1. The van der Waals surface area contributed by atoms with Crippen LogP contribution < -0.4 is 5.32 Å². The van der Waals surface area contributed by atoms with Crippen molar-refractivity contribution in [1.29, 1.82) is 5.26 Å². The van der Waals surface area contributed by atoms with Crippen LogP contribution in [0.25, 0.3) is 0 Å². The molecule has 0 aliphatic carbocycles. The van der Waals surface area contributed by atoms with Crippen LogP contribution in [-0.4, -0.2) is 5.91 Å². The number of nitriles is 1. The monoisotopic (exact) mass is 196 g/mol. The number of benzene rings is 1. The molecule has 1 rings (SSSR count). The second kappa shape index (κ2) is 3.83. The molecule has 0 fully saturated rings. The summed E-state index contributed by atoms with van der Waals surface area (Å²) in [4.78, 5) is 10.6. The number of halogens is 2. The van der Waals surface area contributed by atoms with E-state index < -0.39 is 17.5 Å². The van der Waals surface area contributed by atoms with Gasteiger partial charge in [0.05, 0.1) is 11.3 Å². The zero-order valence-electron chi connectivity index (χ0n) is 7.27. The first kappa shape index (κ1) is 10.1. The van der Waals surface area contributed by atoms with Gasteiger partial charge in [-0.1, -0.05) is 0 Å². The Kier molecular flexibility index (Phi) is 2.77. The van der Waals surface area contributed by atoms with Gasteiger partial charge in [-0.05, 0) is 6.07 Å². The van der Waals surface area contributed by atoms with E-state index in [9.17, 15) is 13.6 Å². The van der Waals surface area contributed by atoms with Crippen LogP contribution in [0.3, 0.4) is 0 Å². The Morgan fingerprint density at radius 3 is 2.64 bits per heavy atom. The van der Waals surface area contributed by atoms with Crippen molar-refractivity contribution in [1.82, 2.24) is 0 Å². The topological polar surface area (TPSA) is 52.9 Å². The highest BCUT2D eigenvalue weighted by Crippen LogP contribution is 2.20. The molecule has 0 saturated heterocycles. The fourth-order valence-electron chi connectivity index (χ4n) is 0.965. The minimum atomic E-state index is -0.961. The number of hydrogen-bond acceptors (Lipinski definition) is 2. The maximum atomic E-state index is 13.1. The van der Waals surface area contributed by atoms with Gasteiger partial charge in [0.1, 0.15) is 11.9 Å². The Balaban J connectivity index is 3.27. The number of carbonyl (C=O) groups is 1. The van der Waals surface area contributed by atoms with E-state index in [0.717, 1.165) is 6.07 Å². The van der Waals surface area contributed by atoms with Gasteiger partial charge < -0.3 is 5.32 Å². The molecule has 14 heavy (non-hydrogen) atoms. The Labute approximate surface area is 79.0 Å². The van der Waals surface area contributed by atoms with Gasteiger partial charge in [-0.2, -0.15) is 5.26 Å².